The summed E-state index contributed by atoms with van der Waals surface area (Å²) in [5.74, 6) is 0. The van der Waals surface area contributed by atoms with Gasteiger partial charge in [-0.3, -0.25) is 4.40 Å². The lowest BCUT2D eigenvalue weighted by Crippen LogP contribution is -1.89. The lowest BCUT2D eigenvalue weighted by atomic mass is 10.2. The van der Waals surface area contributed by atoms with Crippen LogP contribution in [0.25, 0.3) is 27.6 Å². The van der Waals surface area contributed by atoms with Gasteiger partial charge in [0.15, 0.2) is 0 Å². The predicted molar refractivity (Wildman–Crippen MR) is 73.0 cm³/mol. The summed E-state index contributed by atoms with van der Waals surface area (Å²) in [6.07, 6.45) is 1.81. The van der Waals surface area contributed by atoms with Crippen molar-refractivity contribution in [3.8, 4) is 0 Å². The normalized spacial score (nSPS) is 11.6. The Kier molecular flexibility index (Phi) is 1.88. The first-order valence-corrected chi connectivity index (χ1v) is 6.02. The van der Waals surface area contributed by atoms with E-state index >= 15 is 0 Å². The van der Waals surface area contributed by atoms with E-state index in [-0.39, 0.29) is 0 Å². The third kappa shape index (κ3) is 1.25. The quantitative estimate of drug-likeness (QED) is 0.478. The number of halogens is 1. The van der Waals surface area contributed by atoms with Crippen molar-refractivity contribution in [1.82, 2.24) is 14.4 Å². The van der Waals surface area contributed by atoms with Crippen molar-refractivity contribution < 1.29 is 0 Å². The molecule has 0 aliphatic carbocycles. The van der Waals surface area contributed by atoms with Crippen LogP contribution in [0.4, 0.5) is 0 Å². The van der Waals surface area contributed by atoms with Crippen molar-refractivity contribution in [3.05, 3.63) is 53.8 Å². The number of imidazole rings is 1. The molecule has 2 aromatic carbocycles. The fourth-order valence-electron chi connectivity index (χ4n) is 2.27. The highest BCUT2D eigenvalue weighted by molar-refractivity contribution is 6.31. The zero-order chi connectivity index (χ0) is 12.1. The Balaban J connectivity index is 2.31. The van der Waals surface area contributed by atoms with Gasteiger partial charge in [0.05, 0.1) is 16.6 Å². The number of rotatable bonds is 0. The molecule has 0 N–H and O–H groups in total. The van der Waals surface area contributed by atoms with Gasteiger partial charge in [0.2, 0.25) is 0 Å². The average Bonchev–Trinajstić information content (AvgIpc) is 2.78. The highest BCUT2D eigenvalue weighted by atomic mass is 35.5. The van der Waals surface area contributed by atoms with Crippen LogP contribution in [0.3, 0.4) is 0 Å². The molecular weight excluding hydrogens is 246 g/mol. The Morgan fingerprint density at radius 3 is 2.83 bits per heavy atom. The first-order chi connectivity index (χ1) is 8.83. The molecule has 0 radical (unpaired) electrons. The van der Waals surface area contributed by atoms with Gasteiger partial charge in [-0.15, -0.1) is 0 Å². The summed E-state index contributed by atoms with van der Waals surface area (Å²) in [6, 6.07) is 13.7. The molecule has 0 unspecified atom stereocenters. The van der Waals surface area contributed by atoms with Crippen LogP contribution in [-0.2, 0) is 0 Å². The van der Waals surface area contributed by atoms with Gasteiger partial charge < -0.3 is 0 Å². The molecule has 86 valence electrons. The molecule has 2 heterocycles. The average molecular weight is 254 g/mol. The molecule has 0 atom stereocenters. The van der Waals surface area contributed by atoms with Gasteiger partial charge in [-0.05, 0) is 30.3 Å². The van der Waals surface area contributed by atoms with E-state index in [2.05, 4.69) is 9.97 Å². The van der Waals surface area contributed by atoms with Gasteiger partial charge in [0.25, 0.3) is 0 Å². The summed E-state index contributed by atoms with van der Waals surface area (Å²) >= 11 is 6.05. The Labute approximate surface area is 108 Å². The van der Waals surface area contributed by atoms with Gasteiger partial charge in [-0.25, -0.2) is 9.97 Å². The first kappa shape index (κ1) is 9.85. The number of hydrogen-bond acceptors (Lipinski definition) is 2. The van der Waals surface area contributed by atoms with Gasteiger partial charge in [0, 0.05) is 10.4 Å². The van der Waals surface area contributed by atoms with E-state index in [0.717, 1.165) is 27.6 Å². The largest absolute Gasteiger partial charge is 0.282 e. The van der Waals surface area contributed by atoms with Crippen LogP contribution in [0.2, 0.25) is 5.02 Å². The monoisotopic (exact) mass is 253 g/mol. The molecule has 0 aliphatic heterocycles. The van der Waals surface area contributed by atoms with Crippen molar-refractivity contribution in [1.29, 1.82) is 0 Å². The topological polar surface area (TPSA) is 30.2 Å². The summed E-state index contributed by atoms with van der Waals surface area (Å²) in [7, 11) is 0. The van der Waals surface area contributed by atoms with E-state index in [9.17, 15) is 0 Å². The van der Waals surface area contributed by atoms with E-state index in [1.165, 1.54) is 0 Å². The minimum Gasteiger partial charge on any atom is -0.282 e. The fourth-order valence-corrected chi connectivity index (χ4v) is 2.44. The maximum Gasteiger partial charge on any atom is 0.148 e. The SMILES string of the molecule is Clc1ccc2ncn3c4ccccc4nc3c2c1. The molecular formula is C14H8ClN3. The molecule has 0 bridgehead atoms. The van der Waals surface area contributed by atoms with Crippen LogP contribution in [0, 0.1) is 0 Å². The highest BCUT2D eigenvalue weighted by Crippen LogP contribution is 2.24. The summed E-state index contributed by atoms with van der Waals surface area (Å²) in [5.41, 5.74) is 3.82. The molecule has 2 aromatic heterocycles. The van der Waals surface area contributed by atoms with Gasteiger partial charge in [0.1, 0.15) is 12.0 Å². The number of para-hydroxylation sites is 2. The van der Waals surface area contributed by atoms with E-state index in [4.69, 9.17) is 11.6 Å². The van der Waals surface area contributed by atoms with Crippen LogP contribution < -0.4 is 0 Å². The second-order valence-electron chi connectivity index (χ2n) is 4.20. The van der Waals surface area contributed by atoms with Crippen molar-refractivity contribution in [2.75, 3.05) is 0 Å². The van der Waals surface area contributed by atoms with Crippen molar-refractivity contribution in [2.24, 2.45) is 0 Å². The van der Waals surface area contributed by atoms with Crippen LogP contribution in [0.15, 0.2) is 48.8 Å². The minimum atomic E-state index is 0.699. The van der Waals surface area contributed by atoms with E-state index in [0.29, 0.717) is 5.02 Å². The Hall–Kier alpha value is -2.13. The third-order valence-electron chi connectivity index (χ3n) is 3.11. The maximum atomic E-state index is 6.05. The number of hydrogen-bond donors (Lipinski definition) is 0. The summed E-state index contributed by atoms with van der Waals surface area (Å²) < 4.78 is 1.99. The molecule has 0 saturated carbocycles. The highest BCUT2D eigenvalue weighted by Gasteiger charge is 2.08. The zero-order valence-corrected chi connectivity index (χ0v) is 10.1. The van der Waals surface area contributed by atoms with Crippen LogP contribution in [0.5, 0.6) is 0 Å². The maximum absolute atomic E-state index is 6.05. The molecule has 4 heteroatoms. The summed E-state index contributed by atoms with van der Waals surface area (Å²) in [4.78, 5) is 9.09. The smallest absolute Gasteiger partial charge is 0.148 e. The Morgan fingerprint density at radius 2 is 1.89 bits per heavy atom. The molecule has 3 nitrogen and oxygen atoms in total. The summed E-state index contributed by atoms with van der Waals surface area (Å²) in [5, 5.41) is 1.67. The van der Waals surface area contributed by atoms with E-state index in [1.807, 2.05) is 46.9 Å². The van der Waals surface area contributed by atoms with Crippen LogP contribution in [0.1, 0.15) is 0 Å². The van der Waals surface area contributed by atoms with E-state index < -0.39 is 0 Å². The molecule has 0 spiro atoms. The first-order valence-electron chi connectivity index (χ1n) is 5.64. The molecule has 18 heavy (non-hydrogen) atoms. The van der Waals surface area contributed by atoms with Crippen molar-refractivity contribution in [3.63, 3.8) is 0 Å². The van der Waals surface area contributed by atoms with Gasteiger partial charge >= 0.3 is 0 Å². The summed E-state index contributed by atoms with van der Waals surface area (Å²) in [6.45, 7) is 0. The molecule has 4 aromatic rings. The number of benzene rings is 2. The van der Waals surface area contributed by atoms with Gasteiger partial charge in [-0.2, -0.15) is 0 Å². The second-order valence-corrected chi connectivity index (χ2v) is 4.64. The number of aromatic nitrogens is 3. The molecule has 0 aliphatic rings. The standard InChI is InChI=1S/C14H8ClN3/c15-9-5-6-11-10(7-9)14-17-12-3-1-2-4-13(12)18(14)8-16-11/h1-8H. The van der Waals surface area contributed by atoms with Crippen LogP contribution >= 0.6 is 11.6 Å². The predicted octanol–water partition coefficient (Wildman–Crippen LogP) is 3.69. The molecule has 0 amide bonds. The van der Waals surface area contributed by atoms with E-state index in [1.54, 1.807) is 6.33 Å². The Morgan fingerprint density at radius 1 is 1.00 bits per heavy atom. The molecule has 0 fully saturated rings. The molecule has 0 saturated heterocycles. The Bertz CT molecular complexity index is 895. The van der Waals surface area contributed by atoms with Crippen molar-refractivity contribution >= 4 is 39.2 Å². The van der Waals surface area contributed by atoms with Gasteiger partial charge in [-0.1, -0.05) is 23.7 Å². The zero-order valence-electron chi connectivity index (χ0n) is 9.34. The second kappa shape index (κ2) is 3.43. The number of fused-ring (bicyclic) bond motifs is 5. The molecule has 4 rings (SSSR count). The lowest BCUT2D eigenvalue weighted by molar-refractivity contribution is 1.15. The van der Waals surface area contributed by atoms with Crippen molar-refractivity contribution in [2.45, 2.75) is 0 Å². The fraction of sp³-hybridized carbons (Fsp3) is 0. The van der Waals surface area contributed by atoms with Crippen LogP contribution in [-0.4, -0.2) is 14.4 Å². The minimum absolute atomic E-state index is 0.699. The third-order valence-corrected chi connectivity index (χ3v) is 3.34. The lowest BCUT2D eigenvalue weighted by Gasteiger charge is -2.00. The number of nitrogens with zero attached hydrogens (tertiary/aromatic N) is 3.